The highest BCUT2D eigenvalue weighted by Crippen LogP contribution is 2.37. The second-order valence-corrected chi connectivity index (χ2v) is 10.4. The molecule has 1 aromatic carbocycles. The van der Waals surface area contributed by atoms with Gasteiger partial charge in [0.2, 0.25) is 5.91 Å². The zero-order valence-corrected chi connectivity index (χ0v) is 22.1. The maximum absolute atomic E-state index is 12.7. The number of nitriles is 1. The minimum absolute atomic E-state index is 0.137. The third-order valence-electron chi connectivity index (χ3n) is 6.02. The van der Waals surface area contributed by atoms with Gasteiger partial charge in [-0.3, -0.25) is 9.59 Å². The van der Waals surface area contributed by atoms with Crippen molar-refractivity contribution >= 4 is 39.9 Å². The van der Waals surface area contributed by atoms with Gasteiger partial charge in [0.15, 0.2) is 11.0 Å². The lowest BCUT2D eigenvalue weighted by Crippen LogP contribution is -2.28. The Hall–Kier alpha value is -3.36. The molecule has 2 heterocycles. The zero-order chi connectivity index (χ0) is 25.7. The lowest BCUT2D eigenvalue weighted by atomic mass is 9.96. The van der Waals surface area contributed by atoms with Crippen molar-refractivity contribution in [2.45, 2.75) is 57.3 Å². The minimum Gasteiger partial charge on any atom is -0.497 e. The Balaban J connectivity index is 1.38. The number of methoxy groups -OCH3 is 1. The van der Waals surface area contributed by atoms with Gasteiger partial charge in [-0.1, -0.05) is 11.8 Å². The minimum atomic E-state index is -0.383. The predicted octanol–water partition coefficient (Wildman–Crippen LogP) is 4.34. The van der Waals surface area contributed by atoms with Gasteiger partial charge in [0.05, 0.1) is 24.5 Å². The van der Waals surface area contributed by atoms with Gasteiger partial charge in [-0.15, -0.1) is 21.5 Å². The fourth-order valence-corrected chi connectivity index (χ4v) is 6.24. The molecule has 0 radical (unpaired) electrons. The molecule has 0 saturated carbocycles. The van der Waals surface area contributed by atoms with E-state index < -0.39 is 0 Å². The molecule has 3 aromatic rings. The van der Waals surface area contributed by atoms with Crippen LogP contribution in [0, 0.1) is 11.3 Å². The molecule has 0 bridgehead atoms. The Kier molecular flexibility index (Phi) is 8.28. The maximum Gasteiger partial charge on any atom is 0.251 e. The molecule has 1 aliphatic carbocycles. The Morgan fingerprint density at radius 3 is 2.69 bits per heavy atom. The number of ether oxygens (including phenoxy) is 1. The van der Waals surface area contributed by atoms with E-state index in [9.17, 15) is 14.9 Å². The summed E-state index contributed by atoms with van der Waals surface area (Å²) in [5, 5.41) is 25.3. The molecule has 188 valence electrons. The first kappa shape index (κ1) is 25.7. The smallest absolute Gasteiger partial charge is 0.251 e. The highest BCUT2D eigenvalue weighted by atomic mass is 32.2. The number of aryl methyl sites for hydroxylation is 1. The molecule has 2 amide bonds. The van der Waals surface area contributed by atoms with Crippen LogP contribution in [0.5, 0.6) is 5.75 Å². The first-order valence-electron chi connectivity index (χ1n) is 11.8. The molecule has 1 aliphatic rings. The Morgan fingerprint density at radius 2 is 2.00 bits per heavy atom. The normalized spacial score (nSPS) is 13.4. The number of thioether (sulfide) groups is 1. The number of anilines is 1. The highest BCUT2D eigenvalue weighted by molar-refractivity contribution is 7.99. The number of amides is 2. The number of carbonyl (C=O) groups is 2. The molecule has 0 aliphatic heterocycles. The van der Waals surface area contributed by atoms with Gasteiger partial charge in [-0.05, 0) is 69.4 Å². The van der Waals surface area contributed by atoms with Gasteiger partial charge in [0, 0.05) is 17.0 Å². The number of fused-ring (bicyclic) bond motifs is 1. The fraction of sp³-hybridized carbons (Fsp3) is 0.400. The predicted molar refractivity (Wildman–Crippen MR) is 140 cm³/mol. The number of benzene rings is 1. The standard InChI is InChI=1S/C25H28N6O3S2/c1-4-31-22(15(2)27-23(33)16-9-11-17(34-3)12-10-16)29-30-25(31)35-14-21(32)28-24-19(13-26)18-7-5-6-8-20(18)36-24/h9-12,15H,4-8,14H2,1-3H3,(H,27,33)(H,28,32)/t15-/m0/s1. The summed E-state index contributed by atoms with van der Waals surface area (Å²) in [5.74, 6) is 1.01. The number of nitrogens with one attached hydrogen (secondary N) is 2. The van der Waals surface area contributed by atoms with Crippen LogP contribution >= 0.6 is 23.1 Å². The summed E-state index contributed by atoms with van der Waals surface area (Å²) in [6.45, 7) is 4.40. The summed E-state index contributed by atoms with van der Waals surface area (Å²) in [7, 11) is 1.58. The first-order chi connectivity index (χ1) is 17.4. The molecule has 9 nitrogen and oxygen atoms in total. The molecule has 0 spiro atoms. The number of carbonyl (C=O) groups excluding carboxylic acids is 2. The van der Waals surface area contributed by atoms with Crippen molar-refractivity contribution < 1.29 is 14.3 Å². The van der Waals surface area contributed by atoms with Gasteiger partial charge in [0.25, 0.3) is 5.91 Å². The number of hydrogen-bond donors (Lipinski definition) is 2. The first-order valence-corrected chi connectivity index (χ1v) is 13.6. The van der Waals surface area contributed by atoms with Crippen molar-refractivity contribution in [2.75, 3.05) is 18.2 Å². The van der Waals surface area contributed by atoms with Crippen LogP contribution in [-0.2, 0) is 24.2 Å². The second-order valence-electron chi connectivity index (χ2n) is 8.37. The Morgan fingerprint density at radius 1 is 1.25 bits per heavy atom. The van der Waals surface area contributed by atoms with E-state index in [0.717, 1.165) is 31.2 Å². The van der Waals surface area contributed by atoms with Crippen molar-refractivity contribution in [3.8, 4) is 11.8 Å². The van der Waals surface area contributed by atoms with Crippen molar-refractivity contribution in [2.24, 2.45) is 0 Å². The number of rotatable bonds is 9. The summed E-state index contributed by atoms with van der Waals surface area (Å²) in [6.07, 6.45) is 4.06. The van der Waals surface area contributed by atoms with E-state index in [2.05, 4.69) is 26.9 Å². The number of aromatic nitrogens is 3. The summed E-state index contributed by atoms with van der Waals surface area (Å²) in [5.41, 5.74) is 2.22. The molecule has 36 heavy (non-hydrogen) atoms. The van der Waals surface area contributed by atoms with E-state index >= 15 is 0 Å². The van der Waals surface area contributed by atoms with Crippen LogP contribution in [0.3, 0.4) is 0 Å². The lowest BCUT2D eigenvalue weighted by molar-refractivity contribution is -0.113. The summed E-state index contributed by atoms with van der Waals surface area (Å²) < 4.78 is 7.03. The fourth-order valence-electron chi connectivity index (χ4n) is 4.18. The van der Waals surface area contributed by atoms with E-state index in [1.807, 2.05) is 18.4 Å². The average molecular weight is 525 g/mol. The third-order valence-corrected chi connectivity index (χ3v) is 8.19. The molecule has 0 unspecified atom stereocenters. The molecule has 4 rings (SSSR count). The van der Waals surface area contributed by atoms with E-state index in [0.29, 0.717) is 39.4 Å². The Bertz CT molecular complexity index is 1290. The van der Waals surface area contributed by atoms with Crippen LogP contribution < -0.4 is 15.4 Å². The third kappa shape index (κ3) is 5.55. The van der Waals surface area contributed by atoms with Crippen LogP contribution in [0.25, 0.3) is 0 Å². The summed E-state index contributed by atoms with van der Waals surface area (Å²) >= 11 is 2.79. The van der Waals surface area contributed by atoms with Crippen LogP contribution in [0.2, 0.25) is 0 Å². The van der Waals surface area contributed by atoms with Gasteiger partial charge in [-0.25, -0.2) is 0 Å². The van der Waals surface area contributed by atoms with Gasteiger partial charge in [0.1, 0.15) is 16.8 Å². The second kappa shape index (κ2) is 11.6. The van der Waals surface area contributed by atoms with Crippen molar-refractivity contribution in [1.29, 1.82) is 5.26 Å². The molecular formula is C25H28N6O3S2. The van der Waals surface area contributed by atoms with Crippen LogP contribution in [-0.4, -0.2) is 39.4 Å². The molecule has 2 N–H and O–H groups in total. The number of hydrogen-bond acceptors (Lipinski definition) is 8. The van der Waals surface area contributed by atoms with Crippen molar-refractivity contribution in [1.82, 2.24) is 20.1 Å². The topological polar surface area (TPSA) is 122 Å². The number of nitrogens with zero attached hydrogens (tertiary/aromatic N) is 4. The maximum atomic E-state index is 12.7. The zero-order valence-electron chi connectivity index (χ0n) is 20.5. The van der Waals surface area contributed by atoms with Crippen LogP contribution in [0.1, 0.15) is 64.9 Å². The highest BCUT2D eigenvalue weighted by Gasteiger charge is 2.23. The van der Waals surface area contributed by atoms with Crippen molar-refractivity contribution in [3.05, 3.63) is 51.7 Å². The van der Waals surface area contributed by atoms with Gasteiger partial charge >= 0.3 is 0 Å². The van der Waals surface area contributed by atoms with E-state index in [1.165, 1.54) is 28.0 Å². The quantitative estimate of drug-likeness (QED) is 0.399. The van der Waals surface area contributed by atoms with E-state index in [-0.39, 0.29) is 23.6 Å². The van der Waals surface area contributed by atoms with Crippen LogP contribution in [0.15, 0.2) is 29.4 Å². The molecule has 0 saturated heterocycles. The molecule has 0 fully saturated rings. The Labute approximate surface area is 218 Å². The van der Waals surface area contributed by atoms with Gasteiger partial charge in [-0.2, -0.15) is 5.26 Å². The summed E-state index contributed by atoms with van der Waals surface area (Å²) in [6, 6.07) is 8.76. The molecule has 2 aromatic heterocycles. The monoisotopic (exact) mass is 524 g/mol. The van der Waals surface area contributed by atoms with Crippen molar-refractivity contribution in [3.63, 3.8) is 0 Å². The summed E-state index contributed by atoms with van der Waals surface area (Å²) in [4.78, 5) is 26.6. The SMILES string of the molecule is CCn1c(SCC(=O)Nc2sc3c(c2C#N)CCCC3)nnc1[C@H](C)NC(=O)c1ccc(OC)cc1. The van der Waals surface area contributed by atoms with E-state index in [1.54, 1.807) is 31.4 Å². The lowest BCUT2D eigenvalue weighted by Gasteiger charge is -2.15. The molecule has 1 atom stereocenters. The number of thiophene rings is 1. The van der Waals surface area contributed by atoms with Crippen LogP contribution in [0.4, 0.5) is 5.00 Å². The molecule has 11 heteroatoms. The average Bonchev–Trinajstić information content (AvgIpc) is 3.47. The molecular weight excluding hydrogens is 496 g/mol. The largest absolute Gasteiger partial charge is 0.497 e. The van der Waals surface area contributed by atoms with E-state index in [4.69, 9.17) is 4.74 Å². The van der Waals surface area contributed by atoms with Gasteiger partial charge < -0.3 is 19.9 Å².